The van der Waals surface area contributed by atoms with Gasteiger partial charge in [0.15, 0.2) is 11.2 Å². The van der Waals surface area contributed by atoms with E-state index in [2.05, 4.69) is 14.7 Å². The van der Waals surface area contributed by atoms with Crippen LogP contribution in [-0.2, 0) is 4.74 Å². The van der Waals surface area contributed by atoms with Crippen molar-refractivity contribution in [3.05, 3.63) is 84.4 Å². The van der Waals surface area contributed by atoms with Crippen LogP contribution in [0.3, 0.4) is 0 Å². The van der Waals surface area contributed by atoms with Crippen molar-refractivity contribution in [3.8, 4) is 0 Å². The number of carboxylic acid groups (broad SMARTS) is 1. The molecule has 0 unspecified atom stereocenters. The fourth-order valence-electron chi connectivity index (χ4n) is 3.64. The molecule has 0 bridgehead atoms. The molecule has 0 spiro atoms. The van der Waals surface area contributed by atoms with Crippen molar-refractivity contribution in [2.75, 3.05) is 7.11 Å². The Kier molecular flexibility index (Phi) is 7.88. The van der Waals surface area contributed by atoms with Crippen molar-refractivity contribution in [1.29, 1.82) is 0 Å². The topological polar surface area (TPSA) is 146 Å². The summed E-state index contributed by atoms with van der Waals surface area (Å²) in [4.78, 5) is 30.2. The third-order valence-corrected chi connectivity index (χ3v) is 5.22. The number of methoxy groups -OCH3 is 1. The van der Waals surface area contributed by atoms with Crippen LogP contribution in [0.1, 0.15) is 20.7 Å². The minimum absolute atomic E-state index is 0. The van der Waals surface area contributed by atoms with E-state index >= 15 is 0 Å². The van der Waals surface area contributed by atoms with Gasteiger partial charge in [0.2, 0.25) is 0 Å². The quantitative estimate of drug-likeness (QED) is 0.291. The van der Waals surface area contributed by atoms with E-state index in [4.69, 9.17) is 13.9 Å². The smallest absolute Gasteiger partial charge is 0.870 e. The molecular weight excluding hydrogens is 463 g/mol. The average Bonchev–Trinajstić information content (AvgIpc) is 3.41. The summed E-state index contributed by atoms with van der Waals surface area (Å²) in [5, 5.41) is 12.7. The minimum Gasteiger partial charge on any atom is -0.870 e. The van der Waals surface area contributed by atoms with E-state index in [1.165, 1.54) is 13.2 Å². The summed E-state index contributed by atoms with van der Waals surface area (Å²) >= 11 is 0. The van der Waals surface area contributed by atoms with E-state index in [9.17, 15) is 9.59 Å². The van der Waals surface area contributed by atoms with Gasteiger partial charge in [0.25, 0.3) is 0 Å². The second-order valence-electron chi connectivity index (χ2n) is 7.17. The van der Waals surface area contributed by atoms with Crippen LogP contribution in [0.2, 0.25) is 0 Å². The van der Waals surface area contributed by atoms with Crippen LogP contribution in [0.5, 0.6) is 0 Å². The van der Waals surface area contributed by atoms with Crippen LogP contribution in [0.25, 0.3) is 43.9 Å². The standard InChI is InChI=1S/C13H9NO3.C12H7NO3.Na.H2O/c1-16-13(15)8-2-3-9-10-4-5-14-7-12(10)17-11(9)6-8;14-12(15)7-1-2-8-9-3-4-13-6-11(9)16-10(8)5-7;;/h2-7H,1H3;1-6H,(H,14,15);;1H2/q;;+1;/p-1. The van der Waals surface area contributed by atoms with Gasteiger partial charge in [0.05, 0.1) is 30.6 Å². The molecule has 9 nitrogen and oxygen atoms in total. The molecule has 0 saturated heterocycles. The molecule has 0 atom stereocenters. The number of furan rings is 2. The molecule has 0 radical (unpaired) electrons. The molecule has 4 heterocycles. The molecule has 4 aromatic heterocycles. The summed E-state index contributed by atoms with van der Waals surface area (Å²) in [6.07, 6.45) is 6.68. The Hall–Kier alpha value is -3.76. The van der Waals surface area contributed by atoms with E-state index in [1.807, 2.05) is 18.2 Å². The summed E-state index contributed by atoms with van der Waals surface area (Å²) in [6.45, 7) is 0. The van der Waals surface area contributed by atoms with Crippen molar-refractivity contribution in [2.24, 2.45) is 0 Å². The molecule has 0 aliphatic heterocycles. The number of aromatic carboxylic acids is 1. The Morgan fingerprint density at radius 3 is 1.69 bits per heavy atom. The van der Waals surface area contributed by atoms with Gasteiger partial charge in [-0.25, -0.2) is 9.59 Å². The zero-order valence-electron chi connectivity index (χ0n) is 18.8. The normalized spacial score (nSPS) is 10.3. The number of rotatable bonds is 2. The maximum Gasteiger partial charge on any atom is 1.00 e. The van der Waals surface area contributed by atoms with Gasteiger partial charge in [-0.05, 0) is 48.5 Å². The molecule has 0 amide bonds. The van der Waals surface area contributed by atoms with E-state index in [0.29, 0.717) is 27.9 Å². The van der Waals surface area contributed by atoms with Crippen molar-refractivity contribution in [1.82, 2.24) is 9.97 Å². The Morgan fingerprint density at radius 2 is 1.20 bits per heavy atom. The van der Waals surface area contributed by atoms with Crippen molar-refractivity contribution < 1.29 is 63.3 Å². The average molecular weight is 480 g/mol. The molecule has 6 aromatic rings. The van der Waals surface area contributed by atoms with Crippen LogP contribution in [0, 0.1) is 0 Å². The maximum atomic E-state index is 11.4. The predicted molar refractivity (Wildman–Crippen MR) is 123 cm³/mol. The summed E-state index contributed by atoms with van der Waals surface area (Å²) in [7, 11) is 1.36. The SMILES string of the molecule is COC(=O)c1ccc2c(c1)oc1cnccc12.O=C(O)c1ccc2c(c1)oc1cnccc12.[Na+].[OH-]. The number of carbonyl (C=O) groups excluding carboxylic acids is 1. The van der Waals surface area contributed by atoms with Gasteiger partial charge in [0, 0.05) is 33.9 Å². The molecule has 0 saturated carbocycles. The van der Waals surface area contributed by atoms with E-state index in [1.54, 1.807) is 49.1 Å². The molecule has 2 aromatic carbocycles. The van der Waals surface area contributed by atoms with E-state index < -0.39 is 5.97 Å². The van der Waals surface area contributed by atoms with Gasteiger partial charge >= 0.3 is 41.5 Å². The molecule has 6 rings (SSSR count). The molecule has 170 valence electrons. The number of fused-ring (bicyclic) bond motifs is 6. The number of hydrogen-bond donors (Lipinski definition) is 1. The molecular formula is C25H17N2NaO7. The first-order valence-electron chi connectivity index (χ1n) is 9.89. The number of esters is 1. The second-order valence-corrected chi connectivity index (χ2v) is 7.17. The molecule has 0 aliphatic carbocycles. The number of carboxylic acids is 1. The van der Waals surface area contributed by atoms with Gasteiger partial charge in [0.1, 0.15) is 11.2 Å². The zero-order valence-corrected chi connectivity index (χ0v) is 20.8. The van der Waals surface area contributed by atoms with Gasteiger partial charge in [-0.15, -0.1) is 0 Å². The first kappa shape index (κ1) is 25.9. The van der Waals surface area contributed by atoms with Crippen LogP contribution in [0.4, 0.5) is 0 Å². The number of ether oxygens (including phenoxy) is 1. The Labute approximate surface area is 219 Å². The Morgan fingerprint density at radius 1 is 0.743 bits per heavy atom. The van der Waals surface area contributed by atoms with Crippen LogP contribution in [0.15, 0.2) is 82.2 Å². The first-order valence-corrected chi connectivity index (χ1v) is 9.89. The second kappa shape index (κ2) is 10.7. The van der Waals surface area contributed by atoms with Crippen LogP contribution < -0.4 is 29.6 Å². The van der Waals surface area contributed by atoms with Gasteiger partial charge < -0.3 is 24.2 Å². The maximum absolute atomic E-state index is 11.4. The summed E-state index contributed by atoms with van der Waals surface area (Å²) in [6, 6.07) is 13.8. The number of hydrogen-bond acceptors (Lipinski definition) is 8. The van der Waals surface area contributed by atoms with Gasteiger partial charge in [-0.3, -0.25) is 9.97 Å². The van der Waals surface area contributed by atoms with Gasteiger partial charge in [-0.2, -0.15) is 0 Å². The summed E-state index contributed by atoms with van der Waals surface area (Å²) in [5.74, 6) is -1.33. The van der Waals surface area contributed by atoms with E-state index in [0.717, 1.165) is 21.5 Å². The number of carbonyl (C=O) groups is 2. The van der Waals surface area contributed by atoms with Gasteiger partial charge in [-0.1, -0.05) is 0 Å². The molecule has 10 heteroatoms. The molecule has 2 N–H and O–H groups in total. The molecule has 0 aliphatic rings. The van der Waals surface area contributed by atoms with Crippen LogP contribution >= 0.6 is 0 Å². The summed E-state index contributed by atoms with van der Waals surface area (Å²) < 4.78 is 15.8. The fourth-order valence-corrected chi connectivity index (χ4v) is 3.64. The largest absolute Gasteiger partial charge is 1.00 e. The minimum atomic E-state index is -0.958. The summed E-state index contributed by atoms with van der Waals surface area (Å²) in [5.41, 5.74) is 3.31. The zero-order chi connectivity index (χ0) is 22.9. The number of benzene rings is 2. The van der Waals surface area contributed by atoms with Crippen LogP contribution in [-0.4, -0.2) is 39.6 Å². The number of aromatic nitrogens is 2. The Balaban J connectivity index is 0.000000185. The number of nitrogens with zero attached hydrogens (tertiary/aromatic N) is 2. The number of pyridine rings is 2. The van der Waals surface area contributed by atoms with Crippen molar-refractivity contribution >= 4 is 55.8 Å². The molecule has 0 fully saturated rings. The van der Waals surface area contributed by atoms with Crippen molar-refractivity contribution in [2.45, 2.75) is 0 Å². The molecule has 35 heavy (non-hydrogen) atoms. The Bertz CT molecular complexity index is 1670. The first-order chi connectivity index (χ1) is 16.0. The third kappa shape index (κ3) is 4.89. The van der Waals surface area contributed by atoms with E-state index in [-0.39, 0.29) is 46.6 Å². The fraction of sp³-hybridized carbons (Fsp3) is 0.0400. The predicted octanol–water partition coefficient (Wildman–Crippen LogP) is 2.27. The monoisotopic (exact) mass is 480 g/mol. The van der Waals surface area contributed by atoms with Crippen molar-refractivity contribution in [3.63, 3.8) is 0 Å². The third-order valence-electron chi connectivity index (χ3n) is 5.22.